The Bertz CT molecular complexity index is 916. The third kappa shape index (κ3) is 2.13. The molecule has 0 N–H and O–H groups in total. The van der Waals surface area contributed by atoms with Crippen LogP contribution in [0.4, 0.5) is 0 Å². The van der Waals surface area contributed by atoms with Crippen molar-refractivity contribution in [2.75, 3.05) is 13.1 Å². The van der Waals surface area contributed by atoms with Crippen LogP contribution in [-0.2, 0) is 12.0 Å². The fourth-order valence-corrected chi connectivity index (χ4v) is 4.20. The van der Waals surface area contributed by atoms with E-state index in [1.807, 2.05) is 23.4 Å². The summed E-state index contributed by atoms with van der Waals surface area (Å²) in [6.45, 7) is 2.38. The van der Waals surface area contributed by atoms with E-state index in [-0.39, 0.29) is 11.3 Å². The summed E-state index contributed by atoms with van der Waals surface area (Å²) in [7, 11) is 0. The first-order valence-corrected chi connectivity index (χ1v) is 8.56. The molecule has 3 aromatic rings. The molecule has 0 saturated carbocycles. The number of rotatable bonds is 2. The van der Waals surface area contributed by atoms with Crippen molar-refractivity contribution in [2.45, 2.75) is 24.8 Å². The molecule has 25 heavy (non-hydrogen) atoms. The van der Waals surface area contributed by atoms with Crippen molar-refractivity contribution in [1.29, 1.82) is 0 Å². The Hall–Kier alpha value is -2.89. The summed E-state index contributed by atoms with van der Waals surface area (Å²) in [5.74, 6) is 1.48. The van der Waals surface area contributed by atoms with Crippen LogP contribution < -0.4 is 0 Å². The van der Waals surface area contributed by atoms with Gasteiger partial charge in [-0.1, -0.05) is 0 Å². The first kappa shape index (κ1) is 14.5. The summed E-state index contributed by atoms with van der Waals surface area (Å²) in [5.41, 5.74) is 2.15. The Morgan fingerprint density at radius 2 is 2.08 bits per heavy atom. The molecular weight excluding hydrogens is 316 g/mol. The lowest BCUT2D eigenvalue weighted by Gasteiger charge is -2.22. The van der Waals surface area contributed by atoms with Gasteiger partial charge < -0.3 is 13.9 Å². The fraction of sp³-hybridized carbons (Fsp3) is 0.316. The number of amides is 1. The van der Waals surface area contributed by atoms with Gasteiger partial charge in [0.05, 0.1) is 18.2 Å². The second-order valence-corrected chi connectivity index (χ2v) is 6.84. The van der Waals surface area contributed by atoms with Crippen LogP contribution in [0.15, 0.2) is 53.5 Å². The molecule has 2 aliphatic heterocycles. The van der Waals surface area contributed by atoms with Crippen LogP contribution >= 0.6 is 0 Å². The molecule has 126 valence electrons. The fourth-order valence-electron chi connectivity index (χ4n) is 4.20. The zero-order valence-corrected chi connectivity index (χ0v) is 13.8. The lowest BCUT2D eigenvalue weighted by Crippen LogP contribution is -2.33. The zero-order chi connectivity index (χ0) is 16.9. The summed E-state index contributed by atoms with van der Waals surface area (Å²) in [5, 5.41) is 0. The van der Waals surface area contributed by atoms with Crippen LogP contribution in [0.1, 0.15) is 29.2 Å². The number of pyridine rings is 1. The third-order valence-electron chi connectivity index (χ3n) is 5.47. The standard InChI is InChI=1S/C19H18N4O2/c24-17(16-4-2-10-25-16)22-8-5-19(13-22)6-9-23-15(12-21-18(19)23)14-3-1-7-20-11-14/h1-4,7,10-12H,5-6,8-9,13H2/t19-/m0/s1. The molecule has 6 heteroatoms. The molecule has 0 radical (unpaired) electrons. The lowest BCUT2D eigenvalue weighted by molar-refractivity contribution is 0.0751. The number of hydrogen-bond acceptors (Lipinski definition) is 4. The van der Waals surface area contributed by atoms with Crippen LogP contribution in [0, 0.1) is 0 Å². The number of likely N-dealkylation sites (tertiary alicyclic amines) is 1. The van der Waals surface area contributed by atoms with Gasteiger partial charge in [0, 0.05) is 43.0 Å². The number of aromatic nitrogens is 3. The first-order chi connectivity index (χ1) is 12.3. The van der Waals surface area contributed by atoms with Gasteiger partial charge in [0.2, 0.25) is 0 Å². The highest BCUT2D eigenvalue weighted by Crippen LogP contribution is 2.44. The van der Waals surface area contributed by atoms with Gasteiger partial charge in [0.1, 0.15) is 5.82 Å². The van der Waals surface area contributed by atoms with Crippen molar-refractivity contribution in [3.8, 4) is 11.3 Å². The van der Waals surface area contributed by atoms with Gasteiger partial charge in [-0.25, -0.2) is 4.98 Å². The van der Waals surface area contributed by atoms with Crippen molar-refractivity contribution in [3.63, 3.8) is 0 Å². The minimum atomic E-state index is -0.0390. The Kier molecular flexibility index (Phi) is 3.07. The van der Waals surface area contributed by atoms with Gasteiger partial charge >= 0.3 is 0 Å². The molecule has 1 fully saturated rings. The molecule has 1 amide bonds. The summed E-state index contributed by atoms with van der Waals surface area (Å²) in [4.78, 5) is 23.4. The molecule has 0 bridgehead atoms. The molecule has 0 aromatic carbocycles. The predicted molar refractivity (Wildman–Crippen MR) is 91.0 cm³/mol. The topological polar surface area (TPSA) is 64.2 Å². The van der Waals surface area contributed by atoms with Crippen molar-refractivity contribution in [1.82, 2.24) is 19.4 Å². The van der Waals surface area contributed by atoms with Crippen molar-refractivity contribution in [2.24, 2.45) is 0 Å². The highest BCUT2D eigenvalue weighted by atomic mass is 16.3. The normalized spacial score (nSPS) is 21.8. The van der Waals surface area contributed by atoms with E-state index in [0.717, 1.165) is 43.0 Å². The number of furan rings is 1. The highest BCUT2D eigenvalue weighted by Gasteiger charge is 2.48. The maximum atomic E-state index is 12.6. The first-order valence-electron chi connectivity index (χ1n) is 8.56. The Balaban J connectivity index is 1.45. The maximum Gasteiger partial charge on any atom is 0.289 e. The molecule has 3 aromatic heterocycles. The summed E-state index contributed by atoms with van der Waals surface area (Å²) >= 11 is 0. The molecule has 0 unspecified atom stereocenters. The van der Waals surface area contributed by atoms with Crippen molar-refractivity contribution < 1.29 is 9.21 Å². The largest absolute Gasteiger partial charge is 0.459 e. The monoisotopic (exact) mass is 334 g/mol. The number of carbonyl (C=O) groups excluding carboxylic acids is 1. The van der Waals surface area contributed by atoms with E-state index >= 15 is 0 Å². The molecule has 5 rings (SSSR count). The van der Waals surface area contributed by atoms with E-state index in [2.05, 4.69) is 15.6 Å². The summed E-state index contributed by atoms with van der Waals surface area (Å²) in [6, 6.07) is 7.48. The van der Waals surface area contributed by atoms with Crippen LogP contribution in [0.2, 0.25) is 0 Å². The quantitative estimate of drug-likeness (QED) is 0.723. The molecule has 1 spiro atoms. The Morgan fingerprint density at radius 1 is 1.16 bits per heavy atom. The van der Waals surface area contributed by atoms with E-state index in [4.69, 9.17) is 9.40 Å². The average Bonchev–Trinajstić information content (AvgIpc) is 3.43. The van der Waals surface area contributed by atoms with Gasteiger partial charge in [-0.3, -0.25) is 9.78 Å². The van der Waals surface area contributed by atoms with Crippen LogP contribution in [0.25, 0.3) is 11.3 Å². The number of fused-ring (bicyclic) bond motifs is 2. The van der Waals surface area contributed by atoms with E-state index < -0.39 is 0 Å². The molecule has 6 nitrogen and oxygen atoms in total. The molecule has 0 aliphatic carbocycles. The van der Waals surface area contributed by atoms with Gasteiger partial charge in [-0.2, -0.15) is 0 Å². The van der Waals surface area contributed by atoms with E-state index in [1.54, 1.807) is 24.6 Å². The van der Waals surface area contributed by atoms with Crippen molar-refractivity contribution in [3.05, 3.63) is 60.7 Å². The van der Waals surface area contributed by atoms with Gasteiger partial charge in [-0.05, 0) is 37.1 Å². The maximum absolute atomic E-state index is 12.6. The molecular formula is C19H18N4O2. The molecule has 1 saturated heterocycles. The second-order valence-electron chi connectivity index (χ2n) is 6.84. The highest BCUT2D eigenvalue weighted by molar-refractivity contribution is 5.91. The minimum Gasteiger partial charge on any atom is -0.459 e. The van der Waals surface area contributed by atoms with Crippen LogP contribution in [0.3, 0.4) is 0 Å². The summed E-state index contributed by atoms with van der Waals surface area (Å²) in [6.07, 6.45) is 9.10. The second kappa shape index (κ2) is 5.31. The lowest BCUT2D eigenvalue weighted by atomic mass is 9.85. The third-order valence-corrected chi connectivity index (χ3v) is 5.47. The Morgan fingerprint density at radius 3 is 2.88 bits per heavy atom. The summed E-state index contributed by atoms with van der Waals surface area (Å²) < 4.78 is 7.56. The van der Waals surface area contributed by atoms with Gasteiger partial charge in [-0.15, -0.1) is 0 Å². The number of nitrogens with zero attached hydrogens (tertiary/aromatic N) is 4. The van der Waals surface area contributed by atoms with Gasteiger partial charge in [0.15, 0.2) is 5.76 Å². The number of carbonyl (C=O) groups is 1. The van der Waals surface area contributed by atoms with E-state index in [1.165, 1.54) is 0 Å². The predicted octanol–water partition coefficient (Wildman–Crippen LogP) is 2.73. The zero-order valence-electron chi connectivity index (χ0n) is 13.8. The SMILES string of the molecule is O=C(c1ccco1)N1CC[C@]2(CCn3c(-c4cccnc4)cnc32)C1. The van der Waals surface area contributed by atoms with Crippen LogP contribution in [0.5, 0.6) is 0 Å². The van der Waals surface area contributed by atoms with E-state index in [0.29, 0.717) is 12.3 Å². The molecule has 5 heterocycles. The van der Waals surface area contributed by atoms with Gasteiger partial charge in [0.25, 0.3) is 5.91 Å². The smallest absolute Gasteiger partial charge is 0.289 e. The minimum absolute atomic E-state index is 0.0284. The molecule has 1 atom stereocenters. The number of imidazole rings is 1. The molecule has 2 aliphatic rings. The van der Waals surface area contributed by atoms with E-state index in [9.17, 15) is 4.79 Å². The average molecular weight is 334 g/mol. The van der Waals surface area contributed by atoms with Crippen LogP contribution in [-0.4, -0.2) is 38.4 Å². The number of hydrogen-bond donors (Lipinski definition) is 0. The van der Waals surface area contributed by atoms with Crippen molar-refractivity contribution >= 4 is 5.91 Å². The Labute approximate surface area is 145 Å².